The van der Waals surface area contributed by atoms with Crippen molar-refractivity contribution in [2.24, 2.45) is 10.9 Å². The summed E-state index contributed by atoms with van der Waals surface area (Å²) in [5.41, 5.74) is 1.25. The zero-order chi connectivity index (χ0) is 12.8. The van der Waals surface area contributed by atoms with Gasteiger partial charge in [-0.3, -0.25) is 0 Å². The lowest BCUT2D eigenvalue weighted by Crippen LogP contribution is -2.37. The summed E-state index contributed by atoms with van der Waals surface area (Å²) < 4.78 is 0. The first kappa shape index (κ1) is 16.3. The third-order valence-electron chi connectivity index (χ3n) is 3.21. The monoisotopic (exact) mass is 373 g/mol. The molecular weight excluding hydrogens is 349 g/mol. The molecule has 2 rings (SSSR count). The van der Waals surface area contributed by atoms with Crippen molar-refractivity contribution in [3.8, 4) is 0 Å². The van der Waals surface area contributed by atoms with Crippen LogP contribution in [0.2, 0.25) is 0 Å². The molecule has 1 N–H and O–H groups in total. The maximum absolute atomic E-state index is 4.64. The Morgan fingerprint density at radius 1 is 1.26 bits per heavy atom. The Hall–Kier alpha value is -0.780. The van der Waals surface area contributed by atoms with Crippen LogP contribution in [0.1, 0.15) is 24.8 Å². The Balaban J connectivity index is 0.00000180. The summed E-state index contributed by atoms with van der Waals surface area (Å²) in [4.78, 5) is 6.69. The van der Waals surface area contributed by atoms with E-state index in [0.29, 0.717) is 0 Å². The van der Waals surface area contributed by atoms with E-state index in [1.54, 1.807) is 0 Å². The summed E-state index contributed by atoms with van der Waals surface area (Å²) >= 11 is 0. The van der Waals surface area contributed by atoms with Gasteiger partial charge in [-0.05, 0) is 17.9 Å². The van der Waals surface area contributed by atoms with Gasteiger partial charge in [0, 0.05) is 20.6 Å². The van der Waals surface area contributed by atoms with Crippen LogP contribution in [0.3, 0.4) is 0 Å². The van der Waals surface area contributed by atoms with Crippen LogP contribution in [-0.4, -0.2) is 31.5 Å². The van der Waals surface area contributed by atoms with E-state index in [1.165, 1.54) is 24.8 Å². The van der Waals surface area contributed by atoms with E-state index in [2.05, 4.69) is 39.5 Å². The lowest BCUT2D eigenvalue weighted by molar-refractivity contribution is 0.568. The number of hydrogen-bond donors (Lipinski definition) is 1. The molecule has 1 saturated carbocycles. The van der Waals surface area contributed by atoms with Crippen LogP contribution in [0.5, 0.6) is 0 Å². The van der Waals surface area contributed by atoms with E-state index in [9.17, 15) is 0 Å². The molecule has 0 bridgehead atoms. The molecule has 0 unspecified atom stereocenters. The van der Waals surface area contributed by atoms with Crippen molar-refractivity contribution in [2.45, 2.75) is 25.8 Å². The fraction of sp³-hybridized carbons (Fsp3) is 0.533. The number of hydrogen-bond acceptors (Lipinski definition) is 1. The molecule has 1 fully saturated rings. The molecule has 0 heterocycles. The van der Waals surface area contributed by atoms with E-state index in [1.807, 2.05) is 20.2 Å². The maximum atomic E-state index is 4.64. The number of nitrogens with one attached hydrogen (secondary N) is 1. The number of halogens is 1. The molecule has 0 aliphatic heterocycles. The van der Waals surface area contributed by atoms with Crippen LogP contribution in [0.25, 0.3) is 0 Å². The molecule has 4 heteroatoms. The third kappa shape index (κ3) is 6.27. The molecule has 19 heavy (non-hydrogen) atoms. The second-order valence-corrected chi connectivity index (χ2v) is 5.18. The number of aliphatic imine (C=N–C) groups is 1. The number of nitrogens with zero attached hydrogens (tertiary/aromatic N) is 2. The van der Waals surface area contributed by atoms with Gasteiger partial charge in [-0.15, -0.1) is 24.0 Å². The predicted octanol–water partition coefficient (Wildman–Crippen LogP) is 3.11. The average Bonchev–Trinajstić information content (AvgIpc) is 3.18. The van der Waals surface area contributed by atoms with Crippen molar-refractivity contribution in [1.82, 2.24) is 10.2 Å². The zero-order valence-electron chi connectivity index (χ0n) is 11.8. The molecular formula is C15H24IN3. The van der Waals surface area contributed by atoms with Crippen LogP contribution in [0.4, 0.5) is 0 Å². The molecule has 1 aliphatic carbocycles. The van der Waals surface area contributed by atoms with E-state index in [-0.39, 0.29) is 24.0 Å². The van der Waals surface area contributed by atoms with E-state index >= 15 is 0 Å². The topological polar surface area (TPSA) is 27.6 Å². The Morgan fingerprint density at radius 2 is 1.95 bits per heavy atom. The molecule has 1 aromatic carbocycles. The van der Waals surface area contributed by atoms with Gasteiger partial charge in [0.15, 0.2) is 5.96 Å². The fourth-order valence-corrected chi connectivity index (χ4v) is 1.90. The van der Waals surface area contributed by atoms with E-state index in [4.69, 9.17) is 0 Å². The second-order valence-electron chi connectivity index (χ2n) is 5.18. The first-order valence-electron chi connectivity index (χ1n) is 6.75. The lowest BCUT2D eigenvalue weighted by atomic mass is 10.2. The van der Waals surface area contributed by atoms with Gasteiger partial charge in [-0.25, -0.2) is 4.99 Å². The quantitative estimate of drug-likeness (QED) is 0.488. The van der Waals surface area contributed by atoms with Gasteiger partial charge in [0.2, 0.25) is 0 Å². The van der Waals surface area contributed by atoms with Crippen molar-refractivity contribution in [1.29, 1.82) is 0 Å². The molecule has 0 atom stereocenters. The number of rotatable bonds is 5. The molecule has 0 aromatic heterocycles. The van der Waals surface area contributed by atoms with E-state index in [0.717, 1.165) is 25.0 Å². The normalized spacial score (nSPS) is 14.7. The van der Waals surface area contributed by atoms with Crippen molar-refractivity contribution < 1.29 is 0 Å². The van der Waals surface area contributed by atoms with Crippen LogP contribution in [0, 0.1) is 5.92 Å². The Kier molecular flexibility index (Phi) is 7.20. The summed E-state index contributed by atoms with van der Waals surface area (Å²) in [6.45, 7) is 1.78. The average molecular weight is 373 g/mol. The summed E-state index contributed by atoms with van der Waals surface area (Å²) in [5.74, 6) is 1.95. The summed E-state index contributed by atoms with van der Waals surface area (Å²) in [6, 6.07) is 10.4. The van der Waals surface area contributed by atoms with Crippen LogP contribution in [0.15, 0.2) is 35.3 Å². The first-order chi connectivity index (χ1) is 8.75. The Bertz CT molecular complexity index is 386. The molecule has 3 nitrogen and oxygen atoms in total. The summed E-state index contributed by atoms with van der Waals surface area (Å²) in [5, 5.41) is 3.44. The Morgan fingerprint density at radius 3 is 2.53 bits per heavy atom. The van der Waals surface area contributed by atoms with Gasteiger partial charge in [0.25, 0.3) is 0 Å². The van der Waals surface area contributed by atoms with Gasteiger partial charge in [0.05, 0.1) is 6.54 Å². The molecule has 106 valence electrons. The highest BCUT2D eigenvalue weighted by Crippen LogP contribution is 2.31. The van der Waals surface area contributed by atoms with E-state index < -0.39 is 0 Å². The smallest absolute Gasteiger partial charge is 0.193 e. The van der Waals surface area contributed by atoms with Crippen molar-refractivity contribution in [3.63, 3.8) is 0 Å². The van der Waals surface area contributed by atoms with Gasteiger partial charge < -0.3 is 10.2 Å². The largest absolute Gasteiger partial charge is 0.356 e. The molecule has 0 spiro atoms. The second kappa shape index (κ2) is 8.40. The predicted molar refractivity (Wildman–Crippen MR) is 92.0 cm³/mol. The van der Waals surface area contributed by atoms with Crippen LogP contribution < -0.4 is 5.32 Å². The highest BCUT2D eigenvalue weighted by atomic mass is 127. The lowest BCUT2D eigenvalue weighted by Gasteiger charge is -2.17. The number of guanidine groups is 1. The zero-order valence-corrected chi connectivity index (χ0v) is 14.1. The van der Waals surface area contributed by atoms with Crippen molar-refractivity contribution in [3.05, 3.63) is 35.9 Å². The highest BCUT2D eigenvalue weighted by molar-refractivity contribution is 14.0. The SMILES string of the molecule is CN(C)C(=NCc1ccccc1)NCCC1CC1.I. The molecule has 0 amide bonds. The van der Waals surface area contributed by atoms with Gasteiger partial charge >= 0.3 is 0 Å². The highest BCUT2D eigenvalue weighted by Gasteiger charge is 2.20. The maximum Gasteiger partial charge on any atom is 0.193 e. The van der Waals surface area contributed by atoms with Gasteiger partial charge in [0.1, 0.15) is 0 Å². The molecule has 1 aliphatic rings. The third-order valence-corrected chi connectivity index (χ3v) is 3.21. The first-order valence-corrected chi connectivity index (χ1v) is 6.75. The van der Waals surface area contributed by atoms with Crippen molar-refractivity contribution >= 4 is 29.9 Å². The molecule has 0 saturated heterocycles. The standard InChI is InChI=1S/C15H23N3.HI/c1-18(2)15(16-11-10-13-8-9-13)17-12-14-6-4-3-5-7-14;/h3-7,13H,8-12H2,1-2H3,(H,16,17);1H. The number of benzene rings is 1. The minimum Gasteiger partial charge on any atom is -0.356 e. The van der Waals surface area contributed by atoms with Crippen molar-refractivity contribution in [2.75, 3.05) is 20.6 Å². The fourth-order valence-electron chi connectivity index (χ4n) is 1.90. The molecule has 0 radical (unpaired) electrons. The summed E-state index contributed by atoms with van der Waals surface area (Å²) in [7, 11) is 4.07. The van der Waals surface area contributed by atoms with Gasteiger partial charge in [-0.1, -0.05) is 43.2 Å². The van der Waals surface area contributed by atoms with Crippen LogP contribution in [-0.2, 0) is 6.54 Å². The summed E-state index contributed by atoms with van der Waals surface area (Å²) in [6.07, 6.45) is 4.11. The Labute approximate surface area is 133 Å². The minimum atomic E-state index is 0. The minimum absolute atomic E-state index is 0. The molecule has 1 aromatic rings. The van der Waals surface area contributed by atoms with Gasteiger partial charge in [-0.2, -0.15) is 0 Å². The van der Waals surface area contributed by atoms with Crippen LogP contribution >= 0.6 is 24.0 Å².